The van der Waals surface area contributed by atoms with Crippen LogP contribution in [-0.2, 0) is 16.1 Å². The highest BCUT2D eigenvalue weighted by molar-refractivity contribution is 5.81. The average Bonchev–Trinajstić information content (AvgIpc) is 2.62. The van der Waals surface area contributed by atoms with Gasteiger partial charge in [-0.05, 0) is 29.8 Å². The SMILES string of the molecule is O=C(NCc1cccc(Oc2ccccc2)c1)[C@H]1COCCN1. The number of carbonyl (C=O) groups excluding carboxylic acids is 1. The lowest BCUT2D eigenvalue weighted by Crippen LogP contribution is -2.51. The number of amides is 1. The first-order valence-electron chi connectivity index (χ1n) is 7.72. The molecule has 1 heterocycles. The van der Waals surface area contributed by atoms with Crippen molar-refractivity contribution < 1.29 is 14.3 Å². The van der Waals surface area contributed by atoms with Crippen molar-refractivity contribution in [3.05, 3.63) is 60.2 Å². The van der Waals surface area contributed by atoms with Crippen molar-refractivity contribution in [3.63, 3.8) is 0 Å². The van der Waals surface area contributed by atoms with Gasteiger partial charge in [0, 0.05) is 13.1 Å². The molecule has 0 saturated carbocycles. The summed E-state index contributed by atoms with van der Waals surface area (Å²) in [6.07, 6.45) is 0. The molecule has 5 nitrogen and oxygen atoms in total. The molecule has 0 aromatic heterocycles. The van der Waals surface area contributed by atoms with Crippen molar-refractivity contribution in [1.82, 2.24) is 10.6 Å². The van der Waals surface area contributed by atoms with Gasteiger partial charge in [-0.15, -0.1) is 0 Å². The van der Waals surface area contributed by atoms with E-state index in [9.17, 15) is 4.79 Å². The largest absolute Gasteiger partial charge is 0.457 e. The van der Waals surface area contributed by atoms with Crippen LogP contribution in [0.2, 0.25) is 0 Å². The van der Waals surface area contributed by atoms with Gasteiger partial charge < -0.3 is 20.1 Å². The highest BCUT2D eigenvalue weighted by atomic mass is 16.5. The Bertz CT molecular complexity index is 640. The summed E-state index contributed by atoms with van der Waals surface area (Å²) in [6.45, 7) is 2.24. The van der Waals surface area contributed by atoms with Crippen LogP contribution in [0.4, 0.5) is 0 Å². The van der Waals surface area contributed by atoms with E-state index >= 15 is 0 Å². The van der Waals surface area contributed by atoms with Gasteiger partial charge in [-0.3, -0.25) is 4.79 Å². The lowest BCUT2D eigenvalue weighted by Gasteiger charge is -2.22. The van der Waals surface area contributed by atoms with Crippen LogP contribution in [0.1, 0.15) is 5.56 Å². The summed E-state index contributed by atoms with van der Waals surface area (Å²) >= 11 is 0. The molecule has 1 saturated heterocycles. The molecule has 2 N–H and O–H groups in total. The second kappa shape index (κ2) is 7.76. The summed E-state index contributed by atoms with van der Waals surface area (Å²) in [5, 5.41) is 6.06. The van der Waals surface area contributed by atoms with Crippen LogP contribution in [-0.4, -0.2) is 31.7 Å². The van der Waals surface area contributed by atoms with Gasteiger partial charge in [0.25, 0.3) is 0 Å². The van der Waals surface area contributed by atoms with Crippen molar-refractivity contribution >= 4 is 5.91 Å². The fraction of sp³-hybridized carbons (Fsp3) is 0.278. The van der Waals surface area contributed by atoms with Crippen LogP contribution >= 0.6 is 0 Å². The molecule has 0 bridgehead atoms. The smallest absolute Gasteiger partial charge is 0.239 e. The minimum Gasteiger partial charge on any atom is -0.457 e. The summed E-state index contributed by atoms with van der Waals surface area (Å²) in [5.74, 6) is 1.50. The number of carbonyl (C=O) groups is 1. The first-order valence-corrected chi connectivity index (χ1v) is 7.72. The standard InChI is InChI=1S/C18H20N2O3/c21-18(17-13-22-10-9-19-17)20-12-14-5-4-8-16(11-14)23-15-6-2-1-3-7-15/h1-8,11,17,19H,9-10,12-13H2,(H,20,21)/t17-/m1/s1. The Morgan fingerprint density at radius 2 is 2.00 bits per heavy atom. The maximum Gasteiger partial charge on any atom is 0.239 e. The van der Waals surface area contributed by atoms with E-state index in [1.165, 1.54) is 0 Å². The molecule has 3 rings (SSSR count). The van der Waals surface area contributed by atoms with E-state index in [1.807, 2.05) is 54.6 Å². The van der Waals surface area contributed by atoms with Gasteiger partial charge in [-0.25, -0.2) is 0 Å². The first-order chi connectivity index (χ1) is 11.3. The minimum atomic E-state index is -0.271. The first kappa shape index (κ1) is 15.5. The molecule has 0 aliphatic carbocycles. The number of para-hydroxylation sites is 1. The number of morpholine rings is 1. The third-order valence-corrected chi connectivity index (χ3v) is 3.58. The van der Waals surface area contributed by atoms with E-state index < -0.39 is 0 Å². The van der Waals surface area contributed by atoms with Crippen LogP contribution in [0.5, 0.6) is 11.5 Å². The topological polar surface area (TPSA) is 59.6 Å². The fourth-order valence-electron chi connectivity index (χ4n) is 2.39. The lowest BCUT2D eigenvalue weighted by molar-refractivity contribution is -0.126. The molecule has 1 atom stereocenters. The van der Waals surface area contributed by atoms with Crippen molar-refractivity contribution in [2.45, 2.75) is 12.6 Å². The molecule has 0 spiro atoms. The van der Waals surface area contributed by atoms with Gasteiger partial charge in [0.15, 0.2) is 0 Å². The predicted molar refractivity (Wildman–Crippen MR) is 87.4 cm³/mol. The Balaban J connectivity index is 1.56. The molecular weight excluding hydrogens is 292 g/mol. The van der Waals surface area contributed by atoms with E-state index in [-0.39, 0.29) is 11.9 Å². The summed E-state index contributed by atoms with van der Waals surface area (Å²) in [5.41, 5.74) is 0.989. The third-order valence-electron chi connectivity index (χ3n) is 3.58. The Kier molecular flexibility index (Phi) is 5.24. The van der Waals surface area contributed by atoms with E-state index in [1.54, 1.807) is 0 Å². The number of benzene rings is 2. The van der Waals surface area contributed by atoms with Crippen molar-refractivity contribution in [2.75, 3.05) is 19.8 Å². The second-order valence-electron chi connectivity index (χ2n) is 5.36. The second-order valence-corrected chi connectivity index (χ2v) is 5.36. The maximum absolute atomic E-state index is 12.1. The molecule has 5 heteroatoms. The van der Waals surface area contributed by atoms with Crippen molar-refractivity contribution in [3.8, 4) is 11.5 Å². The van der Waals surface area contributed by atoms with Crippen LogP contribution in [0, 0.1) is 0 Å². The molecule has 23 heavy (non-hydrogen) atoms. The minimum absolute atomic E-state index is 0.0425. The zero-order valence-electron chi connectivity index (χ0n) is 12.8. The predicted octanol–water partition coefficient (Wildman–Crippen LogP) is 2.08. The summed E-state index contributed by atoms with van der Waals surface area (Å²) in [7, 11) is 0. The number of hydrogen-bond donors (Lipinski definition) is 2. The Labute approximate surface area is 135 Å². The highest BCUT2D eigenvalue weighted by Crippen LogP contribution is 2.21. The monoisotopic (exact) mass is 312 g/mol. The van der Waals surface area contributed by atoms with E-state index in [0.717, 1.165) is 17.1 Å². The fourth-order valence-corrected chi connectivity index (χ4v) is 2.39. The van der Waals surface area contributed by atoms with Gasteiger partial charge in [-0.1, -0.05) is 30.3 Å². The van der Waals surface area contributed by atoms with Crippen LogP contribution < -0.4 is 15.4 Å². The molecule has 0 radical (unpaired) electrons. The zero-order valence-corrected chi connectivity index (χ0v) is 12.8. The van der Waals surface area contributed by atoms with E-state index in [2.05, 4.69) is 10.6 Å². The summed E-state index contributed by atoms with van der Waals surface area (Å²) in [4.78, 5) is 12.1. The quantitative estimate of drug-likeness (QED) is 0.887. The molecule has 120 valence electrons. The van der Waals surface area contributed by atoms with Crippen molar-refractivity contribution in [2.24, 2.45) is 0 Å². The molecule has 1 fully saturated rings. The van der Waals surface area contributed by atoms with Gasteiger partial charge >= 0.3 is 0 Å². The number of hydrogen-bond acceptors (Lipinski definition) is 4. The van der Waals surface area contributed by atoms with Crippen LogP contribution in [0.3, 0.4) is 0 Å². The molecule has 1 amide bonds. The van der Waals surface area contributed by atoms with Crippen molar-refractivity contribution in [1.29, 1.82) is 0 Å². The van der Waals surface area contributed by atoms with Gasteiger partial charge in [0.05, 0.1) is 13.2 Å². The molecule has 1 aliphatic heterocycles. The summed E-state index contributed by atoms with van der Waals surface area (Å²) < 4.78 is 11.1. The van der Waals surface area contributed by atoms with Gasteiger partial charge in [-0.2, -0.15) is 0 Å². The number of ether oxygens (including phenoxy) is 2. The number of nitrogens with one attached hydrogen (secondary N) is 2. The molecule has 2 aromatic carbocycles. The Morgan fingerprint density at radius 1 is 1.17 bits per heavy atom. The molecule has 0 unspecified atom stereocenters. The Morgan fingerprint density at radius 3 is 2.78 bits per heavy atom. The molecule has 2 aromatic rings. The maximum atomic E-state index is 12.1. The van der Waals surface area contributed by atoms with Gasteiger partial charge in [0.1, 0.15) is 17.5 Å². The van der Waals surface area contributed by atoms with E-state index in [4.69, 9.17) is 9.47 Å². The highest BCUT2D eigenvalue weighted by Gasteiger charge is 2.20. The molecular formula is C18H20N2O3. The van der Waals surface area contributed by atoms with Crippen LogP contribution in [0.25, 0.3) is 0 Å². The van der Waals surface area contributed by atoms with Gasteiger partial charge in [0.2, 0.25) is 5.91 Å². The Hall–Kier alpha value is -2.37. The average molecular weight is 312 g/mol. The third kappa shape index (κ3) is 4.55. The number of rotatable bonds is 5. The van der Waals surface area contributed by atoms with Crippen LogP contribution in [0.15, 0.2) is 54.6 Å². The normalized spacial score (nSPS) is 17.5. The lowest BCUT2D eigenvalue weighted by atomic mass is 10.2. The molecule has 1 aliphatic rings. The summed E-state index contributed by atoms with van der Waals surface area (Å²) in [6, 6.07) is 17.1. The zero-order chi connectivity index (χ0) is 15.9. The van der Waals surface area contributed by atoms with E-state index in [0.29, 0.717) is 26.3 Å².